The van der Waals surface area contributed by atoms with Crippen LogP contribution >= 0.6 is 0 Å². The van der Waals surface area contributed by atoms with Gasteiger partial charge in [-0.05, 0) is 19.4 Å². The number of rotatable bonds is 1. The Morgan fingerprint density at radius 3 is 2.77 bits per heavy atom. The molecule has 2 saturated heterocycles. The van der Waals surface area contributed by atoms with E-state index in [1.165, 1.54) is 0 Å². The molecular weight excluding hydrogens is 170 g/mol. The van der Waals surface area contributed by atoms with Crippen LogP contribution in [0.4, 0.5) is 4.79 Å². The number of urea groups is 1. The average Bonchev–Trinajstić information content (AvgIpc) is 2.47. The molecule has 2 fully saturated rings. The molecule has 2 aliphatic rings. The number of nitrogens with zero attached hydrogens (tertiary/aromatic N) is 1. The van der Waals surface area contributed by atoms with Gasteiger partial charge in [0, 0.05) is 12.6 Å². The van der Waals surface area contributed by atoms with Gasteiger partial charge in [0.25, 0.3) is 0 Å². The van der Waals surface area contributed by atoms with E-state index in [0.717, 1.165) is 25.9 Å². The third kappa shape index (κ3) is 1.65. The highest BCUT2D eigenvalue weighted by Crippen LogP contribution is 2.12. The molecule has 1 atom stereocenters. The molecule has 5 nitrogen and oxygen atoms in total. The zero-order valence-electron chi connectivity index (χ0n) is 7.38. The monoisotopic (exact) mass is 183 g/mol. The molecule has 5 heteroatoms. The highest BCUT2D eigenvalue weighted by Gasteiger charge is 2.32. The van der Waals surface area contributed by atoms with Crippen molar-refractivity contribution in [2.75, 3.05) is 19.6 Å². The van der Waals surface area contributed by atoms with Crippen LogP contribution < -0.4 is 10.6 Å². The minimum atomic E-state index is -0.237. The zero-order valence-corrected chi connectivity index (χ0v) is 7.38. The Kier molecular flexibility index (Phi) is 2.18. The number of hydrogen-bond acceptors (Lipinski definition) is 3. The molecule has 2 heterocycles. The van der Waals surface area contributed by atoms with Gasteiger partial charge in [-0.1, -0.05) is 0 Å². The molecule has 0 radical (unpaired) electrons. The zero-order chi connectivity index (χ0) is 9.26. The lowest BCUT2D eigenvalue weighted by Gasteiger charge is -2.29. The SMILES string of the molecule is O=C1CN(C2CCCNC2)C(=O)N1. The Morgan fingerprint density at radius 2 is 2.23 bits per heavy atom. The van der Waals surface area contributed by atoms with E-state index >= 15 is 0 Å². The van der Waals surface area contributed by atoms with Gasteiger partial charge in [0.1, 0.15) is 6.54 Å². The van der Waals surface area contributed by atoms with Gasteiger partial charge in [0.05, 0.1) is 0 Å². The fraction of sp³-hybridized carbons (Fsp3) is 0.750. The molecule has 13 heavy (non-hydrogen) atoms. The third-order valence-corrected chi connectivity index (χ3v) is 2.53. The van der Waals surface area contributed by atoms with Crippen LogP contribution in [0.25, 0.3) is 0 Å². The molecule has 3 amide bonds. The maximum Gasteiger partial charge on any atom is 0.324 e. The first kappa shape index (κ1) is 8.50. The first-order chi connectivity index (χ1) is 6.27. The predicted molar refractivity (Wildman–Crippen MR) is 46.1 cm³/mol. The van der Waals surface area contributed by atoms with Crippen LogP contribution in [0.3, 0.4) is 0 Å². The van der Waals surface area contributed by atoms with E-state index in [1.807, 2.05) is 0 Å². The van der Waals surface area contributed by atoms with Gasteiger partial charge < -0.3 is 10.2 Å². The maximum absolute atomic E-state index is 11.3. The van der Waals surface area contributed by atoms with Crippen molar-refractivity contribution in [2.24, 2.45) is 0 Å². The summed E-state index contributed by atoms with van der Waals surface area (Å²) in [6.45, 7) is 2.05. The first-order valence-corrected chi connectivity index (χ1v) is 4.58. The van der Waals surface area contributed by atoms with Gasteiger partial charge in [-0.2, -0.15) is 0 Å². The summed E-state index contributed by atoms with van der Waals surface area (Å²) in [5, 5.41) is 5.50. The Balaban J connectivity index is 1.99. The number of carbonyl (C=O) groups excluding carboxylic acids is 2. The van der Waals surface area contributed by atoms with Crippen molar-refractivity contribution >= 4 is 11.9 Å². The van der Waals surface area contributed by atoms with Gasteiger partial charge in [-0.15, -0.1) is 0 Å². The van der Waals surface area contributed by atoms with Gasteiger partial charge in [0.2, 0.25) is 5.91 Å². The van der Waals surface area contributed by atoms with Crippen LogP contribution in [-0.2, 0) is 4.79 Å². The molecule has 0 aromatic rings. The summed E-state index contributed by atoms with van der Waals surface area (Å²) >= 11 is 0. The Bertz CT molecular complexity index is 236. The second-order valence-electron chi connectivity index (χ2n) is 3.48. The van der Waals surface area contributed by atoms with Crippen LogP contribution in [0, 0.1) is 0 Å². The van der Waals surface area contributed by atoms with Crippen molar-refractivity contribution in [1.29, 1.82) is 0 Å². The number of hydrogen-bond donors (Lipinski definition) is 2. The van der Waals surface area contributed by atoms with Crippen molar-refractivity contribution in [1.82, 2.24) is 15.5 Å². The second-order valence-corrected chi connectivity index (χ2v) is 3.48. The fourth-order valence-electron chi connectivity index (χ4n) is 1.85. The largest absolute Gasteiger partial charge is 0.324 e. The number of nitrogens with one attached hydrogen (secondary N) is 2. The van der Waals surface area contributed by atoms with Gasteiger partial charge in [-0.3, -0.25) is 10.1 Å². The van der Waals surface area contributed by atoms with Crippen molar-refractivity contribution in [3.63, 3.8) is 0 Å². The molecule has 2 rings (SSSR count). The molecule has 0 spiro atoms. The van der Waals surface area contributed by atoms with E-state index in [1.54, 1.807) is 4.90 Å². The number of amides is 3. The molecule has 72 valence electrons. The van der Waals surface area contributed by atoms with E-state index in [2.05, 4.69) is 10.6 Å². The van der Waals surface area contributed by atoms with Crippen LogP contribution in [0.5, 0.6) is 0 Å². The van der Waals surface area contributed by atoms with E-state index in [9.17, 15) is 9.59 Å². The summed E-state index contributed by atoms with van der Waals surface area (Å²) in [5.74, 6) is -0.185. The van der Waals surface area contributed by atoms with Gasteiger partial charge >= 0.3 is 6.03 Å². The van der Waals surface area contributed by atoms with Crippen molar-refractivity contribution in [3.05, 3.63) is 0 Å². The van der Waals surface area contributed by atoms with E-state index in [4.69, 9.17) is 0 Å². The molecule has 2 aliphatic heterocycles. The van der Waals surface area contributed by atoms with E-state index in [-0.39, 0.29) is 24.5 Å². The minimum absolute atomic E-state index is 0.185. The summed E-state index contributed by atoms with van der Waals surface area (Å²) in [4.78, 5) is 23.8. The number of imide groups is 1. The highest BCUT2D eigenvalue weighted by atomic mass is 16.2. The predicted octanol–water partition coefficient (Wildman–Crippen LogP) is -0.710. The second kappa shape index (κ2) is 3.33. The number of piperidine rings is 1. The van der Waals surface area contributed by atoms with Crippen LogP contribution in [0.15, 0.2) is 0 Å². The van der Waals surface area contributed by atoms with E-state index < -0.39 is 0 Å². The quantitative estimate of drug-likeness (QED) is 0.528. The average molecular weight is 183 g/mol. The molecule has 0 aliphatic carbocycles. The molecular formula is C8H13N3O2. The Morgan fingerprint density at radius 1 is 1.38 bits per heavy atom. The highest BCUT2D eigenvalue weighted by molar-refractivity contribution is 6.02. The first-order valence-electron chi connectivity index (χ1n) is 4.58. The van der Waals surface area contributed by atoms with Crippen LogP contribution in [0.1, 0.15) is 12.8 Å². The molecule has 0 aromatic carbocycles. The summed E-state index contributed by atoms with van der Waals surface area (Å²) in [7, 11) is 0. The lowest BCUT2D eigenvalue weighted by Crippen LogP contribution is -2.47. The molecule has 0 bridgehead atoms. The van der Waals surface area contributed by atoms with Gasteiger partial charge in [-0.25, -0.2) is 4.79 Å². The lowest BCUT2D eigenvalue weighted by molar-refractivity contribution is -0.118. The smallest absolute Gasteiger partial charge is 0.315 e. The third-order valence-electron chi connectivity index (χ3n) is 2.53. The standard InChI is InChI=1S/C8H13N3O2/c12-7-5-11(8(13)10-7)6-2-1-3-9-4-6/h6,9H,1-5H2,(H,10,12,13). The number of carbonyl (C=O) groups is 2. The van der Waals surface area contributed by atoms with Gasteiger partial charge in [0.15, 0.2) is 0 Å². The van der Waals surface area contributed by atoms with E-state index in [0.29, 0.717) is 0 Å². The molecule has 2 N–H and O–H groups in total. The normalized spacial score (nSPS) is 29.2. The fourth-order valence-corrected chi connectivity index (χ4v) is 1.85. The summed E-state index contributed by atoms with van der Waals surface area (Å²) in [6.07, 6.45) is 2.07. The summed E-state index contributed by atoms with van der Waals surface area (Å²) in [5.41, 5.74) is 0. The maximum atomic E-state index is 11.3. The Labute approximate surface area is 76.5 Å². The van der Waals surface area contributed by atoms with Crippen molar-refractivity contribution in [3.8, 4) is 0 Å². The van der Waals surface area contributed by atoms with Crippen molar-refractivity contribution < 1.29 is 9.59 Å². The molecule has 0 saturated carbocycles. The Hall–Kier alpha value is -1.10. The lowest BCUT2D eigenvalue weighted by atomic mass is 10.1. The van der Waals surface area contributed by atoms with Crippen molar-refractivity contribution in [2.45, 2.75) is 18.9 Å². The van der Waals surface area contributed by atoms with Crippen LogP contribution in [-0.4, -0.2) is 42.5 Å². The topological polar surface area (TPSA) is 61.4 Å². The minimum Gasteiger partial charge on any atom is -0.315 e. The van der Waals surface area contributed by atoms with Crippen LogP contribution in [0.2, 0.25) is 0 Å². The summed E-state index contributed by atoms with van der Waals surface area (Å²) < 4.78 is 0. The summed E-state index contributed by atoms with van der Waals surface area (Å²) in [6, 6.07) is -0.0427. The molecule has 0 aromatic heterocycles. The molecule has 1 unspecified atom stereocenters.